The van der Waals surface area contributed by atoms with E-state index in [-0.39, 0.29) is 30.5 Å². The molecule has 0 aliphatic rings. The van der Waals surface area contributed by atoms with E-state index in [1.54, 1.807) is 66.9 Å². The number of nitrogens with one attached hydrogen (secondary N) is 3. The van der Waals surface area contributed by atoms with E-state index in [0.717, 1.165) is 42.7 Å². The molecule has 3 aromatic carbocycles. The van der Waals surface area contributed by atoms with Gasteiger partial charge in [-0.2, -0.15) is 0 Å². The third-order valence-corrected chi connectivity index (χ3v) is 8.61. The van der Waals surface area contributed by atoms with Crippen LogP contribution in [0.3, 0.4) is 0 Å². The van der Waals surface area contributed by atoms with Crippen molar-refractivity contribution in [1.29, 1.82) is 5.41 Å². The van der Waals surface area contributed by atoms with E-state index in [4.69, 9.17) is 29.3 Å². The summed E-state index contributed by atoms with van der Waals surface area (Å²) in [4.78, 5) is 49.7. The van der Waals surface area contributed by atoms with E-state index in [2.05, 4.69) is 22.5 Å². The molecular formula is C40H45N7O7. The zero-order valence-electron chi connectivity index (χ0n) is 30.9. The van der Waals surface area contributed by atoms with E-state index in [1.165, 1.54) is 19.1 Å². The van der Waals surface area contributed by atoms with Crippen molar-refractivity contribution in [2.24, 2.45) is 7.05 Å². The van der Waals surface area contributed by atoms with Crippen molar-refractivity contribution in [2.45, 2.75) is 45.6 Å². The van der Waals surface area contributed by atoms with Gasteiger partial charge in [0, 0.05) is 36.6 Å². The van der Waals surface area contributed by atoms with Crippen molar-refractivity contribution in [2.75, 3.05) is 37.6 Å². The topological polar surface area (TPSA) is 170 Å². The maximum atomic E-state index is 14.0. The molecule has 2 amide bonds. The summed E-state index contributed by atoms with van der Waals surface area (Å²) in [5.41, 5.74) is 3.15. The number of amides is 2. The van der Waals surface area contributed by atoms with Crippen molar-refractivity contribution < 1.29 is 33.3 Å². The molecule has 0 atom stereocenters. The summed E-state index contributed by atoms with van der Waals surface area (Å²) >= 11 is 0. The van der Waals surface area contributed by atoms with E-state index >= 15 is 0 Å². The molecule has 14 heteroatoms. The van der Waals surface area contributed by atoms with Gasteiger partial charge in [0.05, 0.1) is 44.8 Å². The van der Waals surface area contributed by atoms with Crippen LogP contribution in [0.15, 0.2) is 85.1 Å². The first kappa shape index (κ1) is 38.8. The van der Waals surface area contributed by atoms with E-state index in [9.17, 15) is 14.4 Å². The summed E-state index contributed by atoms with van der Waals surface area (Å²) in [6, 6.07) is 22.6. The molecule has 54 heavy (non-hydrogen) atoms. The van der Waals surface area contributed by atoms with Gasteiger partial charge in [-0.25, -0.2) is 14.8 Å². The lowest BCUT2D eigenvalue weighted by molar-refractivity contribution is -0.134. The van der Waals surface area contributed by atoms with Crippen LogP contribution in [0, 0.1) is 5.41 Å². The Morgan fingerprint density at radius 2 is 1.63 bits per heavy atom. The van der Waals surface area contributed by atoms with Gasteiger partial charge >= 0.3 is 12.1 Å². The van der Waals surface area contributed by atoms with Crippen LogP contribution in [0.1, 0.15) is 60.8 Å². The molecule has 0 spiro atoms. The molecule has 2 aromatic heterocycles. The van der Waals surface area contributed by atoms with Gasteiger partial charge in [-0.1, -0.05) is 38.3 Å². The van der Waals surface area contributed by atoms with Gasteiger partial charge in [0.15, 0.2) is 11.5 Å². The van der Waals surface area contributed by atoms with Crippen LogP contribution in [0.25, 0.3) is 11.0 Å². The second-order valence-corrected chi connectivity index (χ2v) is 12.3. The number of imidazole rings is 1. The summed E-state index contributed by atoms with van der Waals surface area (Å²) in [6.07, 6.45) is 4.81. The number of rotatable bonds is 17. The molecule has 0 aliphatic carbocycles. The molecule has 0 bridgehead atoms. The van der Waals surface area contributed by atoms with Crippen LogP contribution in [-0.2, 0) is 23.1 Å². The Morgan fingerprint density at radius 3 is 2.31 bits per heavy atom. The van der Waals surface area contributed by atoms with Crippen LogP contribution in [0.5, 0.6) is 17.2 Å². The van der Waals surface area contributed by atoms with Crippen molar-refractivity contribution in [1.82, 2.24) is 19.9 Å². The maximum absolute atomic E-state index is 14.0. The SMILES string of the molecule is CCCCCCOC(=O)NC(=N)c1ccc(NCc2nc3cc(C(=O)N(CCC(=O)Oc4c(OC)cccc4OC)c4ccccn4)ccc3n2C)cc1. The van der Waals surface area contributed by atoms with E-state index in [1.807, 2.05) is 29.8 Å². The number of nitrogens with zero attached hydrogens (tertiary/aromatic N) is 4. The number of carbonyl (C=O) groups excluding carboxylic acids is 3. The largest absolute Gasteiger partial charge is 0.493 e. The number of pyridine rings is 1. The summed E-state index contributed by atoms with van der Waals surface area (Å²) in [6.45, 7) is 2.82. The zero-order chi connectivity index (χ0) is 38.5. The molecular weight excluding hydrogens is 690 g/mol. The Kier molecular flexibility index (Phi) is 13.6. The average molecular weight is 736 g/mol. The number of alkyl carbamates (subject to hydrolysis) is 1. The molecule has 5 aromatic rings. The minimum Gasteiger partial charge on any atom is -0.493 e. The fourth-order valence-corrected chi connectivity index (χ4v) is 5.66. The number of ether oxygens (including phenoxy) is 4. The zero-order valence-corrected chi connectivity index (χ0v) is 30.9. The first-order valence-corrected chi connectivity index (χ1v) is 17.7. The van der Waals surface area contributed by atoms with Gasteiger partial charge in [-0.15, -0.1) is 0 Å². The first-order chi connectivity index (χ1) is 26.2. The Morgan fingerprint density at radius 1 is 0.889 bits per heavy atom. The number of anilines is 2. The second-order valence-electron chi connectivity index (χ2n) is 12.3. The lowest BCUT2D eigenvalue weighted by Gasteiger charge is -2.21. The third kappa shape index (κ3) is 9.91. The lowest BCUT2D eigenvalue weighted by Crippen LogP contribution is -2.34. The number of hydrogen-bond acceptors (Lipinski definition) is 11. The smallest absolute Gasteiger partial charge is 0.412 e. The molecule has 5 rings (SSSR count). The monoisotopic (exact) mass is 735 g/mol. The first-order valence-electron chi connectivity index (χ1n) is 17.7. The molecule has 3 N–H and O–H groups in total. The number of unbranched alkanes of at least 4 members (excludes halogenated alkanes) is 3. The number of carbonyl (C=O) groups is 3. The summed E-state index contributed by atoms with van der Waals surface area (Å²) in [5.74, 6) is 0.966. The van der Waals surface area contributed by atoms with Gasteiger partial charge < -0.3 is 28.8 Å². The molecule has 0 radical (unpaired) electrons. The summed E-state index contributed by atoms with van der Waals surface area (Å²) in [5, 5.41) is 14.0. The number of aryl methyl sites for hydroxylation is 1. The molecule has 0 saturated carbocycles. The van der Waals surface area contributed by atoms with Gasteiger partial charge in [0.25, 0.3) is 5.91 Å². The van der Waals surface area contributed by atoms with Crippen LogP contribution in [0.2, 0.25) is 0 Å². The molecule has 0 saturated heterocycles. The highest BCUT2D eigenvalue weighted by atomic mass is 16.6. The lowest BCUT2D eigenvalue weighted by atomic mass is 10.1. The van der Waals surface area contributed by atoms with Crippen LogP contribution < -0.4 is 29.7 Å². The number of aromatic nitrogens is 3. The van der Waals surface area contributed by atoms with Crippen molar-refractivity contribution in [3.05, 3.63) is 102 Å². The Bertz CT molecular complexity index is 2040. The number of esters is 1. The van der Waals surface area contributed by atoms with Gasteiger partial charge in [-0.05, 0) is 73.2 Å². The van der Waals surface area contributed by atoms with Crippen molar-refractivity contribution >= 4 is 46.3 Å². The van der Waals surface area contributed by atoms with E-state index in [0.29, 0.717) is 47.1 Å². The fraction of sp³-hybridized carbons (Fsp3) is 0.300. The number of methoxy groups -OCH3 is 2. The van der Waals surface area contributed by atoms with Gasteiger partial charge in [0.2, 0.25) is 5.75 Å². The predicted molar refractivity (Wildman–Crippen MR) is 206 cm³/mol. The number of fused-ring (bicyclic) bond motifs is 1. The van der Waals surface area contributed by atoms with Crippen molar-refractivity contribution in [3.8, 4) is 17.2 Å². The number of hydrogen-bond donors (Lipinski definition) is 3. The summed E-state index contributed by atoms with van der Waals surface area (Å²) < 4.78 is 23.4. The maximum Gasteiger partial charge on any atom is 0.412 e. The standard InChI is InChI=1S/C40H45N7O7/c1-5-6-7-10-24-53-40(50)45-38(41)27-15-18-29(19-16-27)43-26-35-44-30-25-28(17-20-31(30)46(35)2)39(49)47(34-14-8-9-22-42-34)23-21-36(48)54-37-32(51-3)12-11-13-33(37)52-4/h8-9,11-20,22,25,43H,5-7,10,21,23-24,26H2,1-4H3,(H2,41,45,50). The molecule has 282 valence electrons. The quantitative estimate of drug-likeness (QED) is 0.0301. The number of benzene rings is 3. The average Bonchev–Trinajstić information content (AvgIpc) is 3.51. The van der Waals surface area contributed by atoms with E-state index < -0.39 is 12.1 Å². The molecule has 0 fully saturated rings. The van der Waals surface area contributed by atoms with Crippen LogP contribution in [0.4, 0.5) is 16.3 Å². The molecule has 2 heterocycles. The molecule has 0 unspecified atom stereocenters. The highest BCUT2D eigenvalue weighted by Gasteiger charge is 2.23. The Balaban J connectivity index is 1.22. The third-order valence-electron chi connectivity index (χ3n) is 8.61. The predicted octanol–water partition coefficient (Wildman–Crippen LogP) is 6.87. The second kappa shape index (κ2) is 18.9. The molecule has 0 aliphatic heterocycles. The van der Waals surface area contributed by atoms with Crippen LogP contribution >= 0.6 is 0 Å². The van der Waals surface area contributed by atoms with Crippen molar-refractivity contribution in [3.63, 3.8) is 0 Å². The highest BCUT2D eigenvalue weighted by Crippen LogP contribution is 2.37. The molecule has 14 nitrogen and oxygen atoms in total. The number of para-hydroxylation sites is 1. The number of amidine groups is 1. The van der Waals surface area contributed by atoms with Gasteiger partial charge in [0.1, 0.15) is 17.5 Å². The summed E-state index contributed by atoms with van der Waals surface area (Å²) in [7, 11) is 4.84. The fourth-order valence-electron chi connectivity index (χ4n) is 5.66. The van der Waals surface area contributed by atoms with Gasteiger partial charge in [-0.3, -0.25) is 25.2 Å². The Hall–Kier alpha value is -6.44. The minimum absolute atomic E-state index is 0.000888. The van der Waals surface area contributed by atoms with Crippen LogP contribution in [-0.4, -0.2) is 65.7 Å². The highest BCUT2D eigenvalue weighted by molar-refractivity contribution is 6.07. The minimum atomic E-state index is -0.638. The Labute approximate surface area is 313 Å². The normalized spacial score (nSPS) is 10.7.